The van der Waals surface area contributed by atoms with Gasteiger partial charge >= 0.3 is 6.09 Å². The monoisotopic (exact) mass is 532 g/mol. The van der Waals surface area contributed by atoms with Crippen molar-refractivity contribution in [3.8, 4) is 0 Å². The number of hydrogen-bond donors (Lipinski definition) is 2. The first kappa shape index (κ1) is 26.5. The molecular weight excluding hydrogens is 495 g/mol. The summed E-state index contributed by atoms with van der Waals surface area (Å²) in [6.07, 6.45) is 0.667. The van der Waals surface area contributed by atoms with Gasteiger partial charge in [-0.2, -0.15) is 0 Å². The van der Waals surface area contributed by atoms with Crippen LogP contribution in [0.5, 0.6) is 0 Å². The molecule has 1 saturated heterocycles. The minimum absolute atomic E-state index is 0. The van der Waals surface area contributed by atoms with Gasteiger partial charge in [0, 0.05) is 39.2 Å². The van der Waals surface area contributed by atoms with E-state index in [0.717, 1.165) is 44.2 Å². The predicted octanol–water partition coefficient (Wildman–Crippen LogP) is 3.80. The minimum Gasteiger partial charge on any atom is -0.444 e. The summed E-state index contributed by atoms with van der Waals surface area (Å²) in [5.41, 5.74) is 0.469. The number of amides is 1. The third-order valence-electron chi connectivity index (χ3n) is 4.71. The summed E-state index contributed by atoms with van der Waals surface area (Å²) in [4.78, 5) is 19.0. The third kappa shape index (κ3) is 9.07. The van der Waals surface area contributed by atoms with Crippen LogP contribution in [0, 0.1) is 5.92 Å². The van der Waals surface area contributed by atoms with Gasteiger partial charge < -0.3 is 25.0 Å². The van der Waals surface area contributed by atoms with Crippen molar-refractivity contribution in [2.75, 3.05) is 39.9 Å². The molecule has 170 valence electrons. The van der Waals surface area contributed by atoms with Crippen molar-refractivity contribution in [3.05, 3.63) is 35.9 Å². The Morgan fingerprint density at radius 1 is 1.30 bits per heavy atom. The normalized spacial score (nSPS) is 17.8. The number of alkyl carbamates (subject to hydrolysis) is 1. The number of carbonyl (C=O) groups is 1. The number of carbonyl (C=O) groups excluding carboxylic acids is 1. The molecule has 0 spiro atoms. The van der Waals surface area contributed by atoms with Crippen molar-refractivity contribution < 1.29 is 14.3 Å². The van der Waals surface area contributed by atoms with E-state index in [9.17, 15) is 4.79 Å². The van der Waals surface area contributed by atoms with Crippen LogP contribution < -0.4 is 10.6 Å². The average Bonchev–Trinajstić information content (AvgIpc) is 3.14. The zero-order valence-electron chi connectivity index (χ0n) is 18.8. The van der Waals surface area contributed by atoms with Crippen LogP contribution in [0.2, 0.25) is 0 Å². The van der Waals surface area contributed by atoms with Crippen LogP contribution in [-0.4, -0.2) is 62.4 Å². The summed E-state index contributed by atoms with van der Waals surface area (Å²) >= 11 is 0. The Bertz CT molecular complexity index is 664. The van der Waals surface area contributed by atoms with E-state index in [1.165, 1.54) is 0 Å². The Morgan fingerprint density at radius 3 is 2.60 bits per heavy atom. The van der Waals surface area contributed by atoms with Crippen molar-refractivity contribution in [1.82, 2.24) is 15.5 Å². The van der Waals surface area contributed by atoms with Crippen molar-refractivity contribution in [1.29, 1.82) is 0 Å². The molecule has 1 aromatic carbocycles. The molecular formula is C22H37IN4O3. The van der Waals surface area contributed by atoms with Crippen LogP contribution >= 0.6 is 24.0 Å². The quantitative estimate of drug-likeness (QED) is 0.318. The largest absolute Gasteiger partial charge is 0.444 e. The number of guanidine groups is 1. The van der Waals surface area contributed by atoms with Crippen LogP contribution in [0.15, 0.2) is 35.3 Å². The number of hydrogen-bond acceptors (Lipinski definition) is 4. The maximum atomic E-state index is 12.3. The number of nitrogens with one attached hydrogen (secondary N) is 2. The number of likely N-dealkylation sites (tertiary alicyclic amines) is 1. The molecule has 0 aliphatic carbocycles. The van der Waals surface area contributed by atoms with Crippen molar-refractivity contribution in [2.24, 2.45) is 10.9 Å². The van der Waals surface area contributed by atoms with Crippen molar-refractivity contribution in [3.63, 3.8) is 0 Å². The Labute approximate surface area is 198 Å². The highest BCUT2D eigenvalue weighted by Crippen LogP contribution is 2.18. The van der Waals surface area contributed by atoms with Crippen molar-refractivity contribution in [2.45, 2.75) is 45.8 Å². The van der Waals surface area contributed by atoms with E-state index in [2.05, 4.69) is 20.5 Å². The summed E-state index contributed by atoms with van der Waals surface area (Å²) in [6, 6.07) is 9.66. The van der Waals surface area contributed by atoms with Gasteiger partial charge in [-0.1, -0.05) is 30.3 Å². The average molecular weight is 532 g/mol. The lowest BCUT2D eigenvalue weighted by Crippen LogP contribution is -2.45. The van der Waals surface area contributed by atoms with Crippen LogP contribution in [0.25, 0.3) is 0 Å². The lowest BCUT2D eigenvalue weighted by Gasteiger charge is -2.27. The van der Waals surface area contributed by atoms with E-state index >= 15 is 0 Å². The molecule has 2 rings (SSSR count). The molecule has 0 aromatic heterocycles. The van der Waals surface area contributed by atoms with Gasteiger partial charge in [0.25, 0.3) is 0 Å². The molecule has 0 saturated carbocycles. The molecule has 0 bridgehead atoms. The lowest BCUT2D eigenvalue weighted by atomic mass is 10.1. The first-order valence-electron chi connectivity index (χ1n) is 10.4. The summed E-state index contributed by atoms with van der Waals surface area (Å²) in [5, 5.41) is 6.40. The Morgan fingerprint density at radius 2 is 2.00 bits per heavy atom. The summed E-state index contributed by atoms with van der Waals surface area (Å²) in [7, 11) is 1.79. The summed E-state index contributed by atoms with van der Waals surface area (Å²) in [6.45, 7) is 11.5. The Hall–Kier alpha value is -1.55. The molecule has 0 radical (unpaired) electrons. The zero-order valence-corrected chi connectivity index (χ0v) is 21.1. The van der Waals surface area contributed by atoms with E-state index in [1.807, 2.05) is 58.0 Å². The van der Waals surface area contributed by atoms with Crippen LogP contribution in [-0.2, 0) is 9.47 Å². The van der Waals surface area contributed by atoms with Gasteiger partial charge in [0.1, 0.15) is 5.60 Å². The van der Waals surface area contributed by atoms with E-state index in [4.69, 9.17) is 9.47 Å². The molecule has 1 fully saturated rings. The van der Waals surface area contributed by atoms with E-state index in [0.29, 0.717) is 12.5 Å². The van der Waals surface area contributed by atoms with Crippen LogP contribution in [0.1, 0.15) is 45.7 Å². The molecule has 2 N–H and O–H groups in total. The Kier molecular flexibility index (Phi) is 11.5. The third-order valence-corrected chi connectivity index (χ3v) is 4.71. The molecule has 2 atom stereocenters. The number of aliphatic imine (C=N–C) groups is 1. The fraction of sp³-hybridized carbons (Fsp3) is 0.636. The van der Waals surface area contributed by atoms with Crippen molar-refractivity contribution >= 4 is 36.0 Å². The molecule has 8 heteroatoms. The number of rotatable bonds is 7. The molecule has 30 heavy (non-hydrogen) atoms. The molecule has 2 unspecified atom stereocenters. The van der Waals surface area contributed by atoms with Crippen LogP contribution in [0.4, 0.5) is 4.79 Å². The maximum absolute atomic E-state index is 12.3. The van der Waals surface area contributed by atoms with E-state index in [1.54, 1.807) is 7.05 Å². The van der Waals surface area contributed by atoms with Gasteiger partial charge in [-0.15, -0.1) is 24.0 Å². The molecule has 7 nitrogen and oxygen atoms in total. The second-order valence-corrected chi connectivity index (χ2v) is 8.30. The SMILES string of the molecule is CCOCC1CCN(C(=NC)NCC(NC(=O)OC(C)(C)C)c2ccccc2)C1.I. The number of benzene rings is 1. The maximum Gasteiger partial charge on any atom is 0.408 e. The van der Waals surface area contributed by atoms with Gasteiger partial charge in [-0.05, 0) is 39.7 Å². The van der Waals surface area contributed by atoms with E-state index in [-0.39, 0.29) is 30.0 Å². The lowest BCUT2D eigenvalue weighted by molar-refractivity contribution is 0.0504. The van der Waals surface area contributed by atoms with Gasteiger partial charge in [0.15, 0.2) is 5.96 Å². The van der Waals surface area contributed by atoms with Crippen LogP contribution in [0.3, 0.4) is 0 Å². The zero-order chi connectivity index (χ0) is 21.3. The number of nitrogens with zero attached hydrogens (tertiary/aromatic N) is 2. The summed E-state index contributed by atoms with van der Waals surface area (Å²) < 4.78 is 11.0. The molecule has 1 aliphatic rings. The molecule has 1 amide bonds. The first-order chi connectivity index (χ1) is 13.8. The predicted molar refractivity (Wildman–Crippen MR) is 132 cm³/mol. The fourth-order valence-electron chi connectivity index (χ4n) is 3.36. The number of halogens is 1. The van der Waals surface area contributed by atoms with Gasteiger partial charge in [-0.25, -0.2) is 4.79 Å². The smallest absolute Gasteiger partial charge is 0.408 e. The standard InChI is InChI=1S/C22H36N4O3.HI/c1-6-28-16-17-12-13-26(15-17)20(23-5)24-14-19(18-10-8-7-9-11-18)25-21(27)29-22(2,3)4;/h7-11,17,19H,6,12-16H2,1-5H3,(H,23,24)(H,25,27);1H. The van der Waals surface area contributed by atoms with Gasteiger partial charge in [-0.3, -0.25) is 4.99 Å². The minimum atomic E-state index is -0.542. The van der Waals surface area contributed by atoms with Gasteiger partial charge in [0.2, 0.25) is 0 Å². The second-order valence-electron chi connectivity index (χ2n) is 8.30. The van der Waals surface area contributed by atoms with Gasteiger partial charge in [0.05, 0.1) is 12.6 Å². The molecule has 1 aromatic rings. The first-order valence-corrected chi connectivity index (χ1v) is 10.4. The molecule has 1 heterocycles. The number of ether oxygens (including phenoxy) is 2. The fourth-order valence-corrected chi connectivity index (χ4v) is 3.36. The second kappa shape index (κ2) is 13.0. The highest BCUT2D eigenvalue weighted by molar-refractivity contribution is 14.0. The highest BCUT2D eigenvalue weighted by Gasteiger charge is 2.26. The highest BCUT2D eigenvalue weighted by atomic mass is 127. The Balaban J connectivity index is 0.00000450. The molecule has 1 aliphatic heterocycles. The summed E-state index contributed by atoms with van der Waals surface area (Å²) in [5.74, 6) is 1.37. The topological polar surface area (TPSA) is 75.2 Å². The van der Waals surface area contributed by atoms with E-state index < -0.39 is 11.7 Å².